The van der Waals surface area contributed by atoms with Crippen LogP contribution in [0.25, 0.3) is 11.3 Å². The van der Waals surface area contributed by atoms with E-state index < -0.39 is 48.2 Å². The predicted molar refractivity (Wildman–Crippen MR) is 107 cm³/mol. The number of aromatic nitrogens is 3. The number of pyridine rings is 1. The number of rotatable bonds is 6. The summed E-state index contributed by atoms with van der Waals surface area (Å²) < 4.78 is 82.3. The quantitative estimate of drug-likeness (QED) is 0.605. The van der Waals surface area contributed by atoms with Crippen LogP contribution in [0.2, 0.25) is 0 Å². The molecule has 7 nitrogen and oxygen atoms in total. The minimum atomic E-state index is -5.56. The Balaban J connectivity index is 1.62. The largest absolute Gasteiger partial charge is 0.480 e. The van der Waals surface area contributed by atoms with Gasteiger partial charge in [0.25, 0.3) is 0 Å². The van der Waals surface area contributed by atoms with Crippen molar-refractivity contribution >= 4 is 5.97 Å². The summed E-state index contributed by atoms with van der Waals surface area (Å²) in [7, 11) is 0. The minimum absolute atomic E-state index is 0.0529. The first-order chi connectivity index (χ1) is 15.9. The van der Waals surface area contributed by atoms with Gasteiger partial charge in [-0.2, -0.15) is 31.4 Å². The molecule has 2 aromatic heterocycles. The zero-order chi connectivity index (χ0) is 24.8. The fourth-order valence-electron chi connectivity index (χ4n) is 5.18. The maximum atomic E-state index is 13.4. The van der Waals surface area contributed by atoms with Crippen LogP contribution < -0.4 is 5.32 Å². The topological polar surface area (TPSA) is 83.3 Å². The van der Waals surface area contributed by atoms with Crippen LogP contribution in [0.3, 0.4) is 0 Å². The van der Waals surface area contributed by atoms with E-state index in [1.807, 2.05) is 6.92 Å². The van der Waals surface area contributed by atoms with Gasteiger partial charge in [0.1, 0.15) is 6.04 Å². The van der Waals surface area contributed by atoms with Gasteiger partial charge in [0.15, 0.2) is 5.92 Å². The van der Waals surface area contributed by atoms with Crippen LogP contribution in [0, 0.1) is 17.8 Å². The predicted octanol–water partition coefficient (Wildman–Crippen LogP) is 3.18. The van der Waals surface area contributed by atoms with Gasteiger partial charge >= 0.3 is 18.3 Å². The van der Waals surface area contributed by atoms with Gasteiger partial charge in [-0.05, 0) is 25.0 Å². The third kappa shape index (κ3) is 4.63. The molecule has 186 valence electrons. The van der Waals surface area contributed by atoms with E-state index in [0.717, 1.165) is 11.1 Å². The van der Waals surface area contributed by atoms with Crippen molar-refractivity contribution in [1.29, 1.82) is 0 Å². The van der Waals surface area contributed by atoms with Crippen molar-refractivity contribution < 1.29 is 36.2 Å². The molecule has 0 bridgehead atoms. The van der Waals surface area contributed by atoms with Crippen LogP contribution in [0.1, 0.15) is 12.5 Å². The van der Waals surface area contributed by atoms with E-state index in [0.29, 0.717) is 12.2 Å². The summed E-state index contributed by atoms with van der Waals surface area (Å²) in [4.78, 5) is 17.5. The van der Waals surface area contributed by atoms with E-state index >= 15 is 0 Å². The van der Waals surface area contributed by atoms with Crippen molar-refractivity contribution in [3.8, 4) is 11.3 Å². The fourth-order valence-corrected chi connectivity index (χ4v) is 5.18. The van der Waals surface area contributed by atoms with Gasteiger partial charge in [-0.25, -0.2) is 0 Å². The molecule has 4 heterocycles. The average molecular weight is 491 g/mol. The number of hydrogen-bond acceptors (Lipinski definition) is 5. The molecule has 0 aliphatic carbocycles. The van der Waals surface area contributed by atoms with Crippen LogP contribution >= 0.6 is 0 Å². The van der Waals surface area contributed by atoms with Gasteiger partial charge in [0.2, 0.25) is 0 Å². The molecule has 4 rings (SSSR count). The molecule has 13 heteroatoms. The van der Waals surface area contributed by atoms with Gasteiger partial charge in [-0.1, -0.05) is 0 Å². The number of carbonyl (C=O) groups is 1. The number of nitrogens with one attached hydrogen (secondary N) is 1. The number of halogens is 6. The number of carboxylic acids is 1. The molecule has 0 saturated carbocycles. The SMILES string of the molecule is CCn1cc(CN2CC3C(C(=O)O)NC(C(C(F)(F)F)C(F)(F)F)C3C2)c(-c2cccnc2)n1. The summed E-state index contributed by atoms with van der Waals surface area (Å²) in [5.41, 5.74) is 2.07. The van der Waals surface area contributed by atoms with Gasteiger partial charge in [0.05, 0.1) is 5.69 Å². The minimum Gasteiger partial charge on any atom is -0.480 e. The zero-order valence-corrected chi connectivity index (χ0v) is 18.0. The smallest absolute Gasteiger partial charge is 0.402 e. The number of aryl methyl sites for hydroxylation is 1. The summed E-state index contributed by atoms with van der Waals surface area (Å²) in [6, 6.07) is -0.0441. The second kappa shape index (κ2) is 8.84. The highest BCUT2D eigenvalue weighted by Crippen LogP contribution is 2.48. The molecule has 4 atom stereocenters. The van der Waals surface area contributed by atoms with Gasteiger partial charge in [-0.3, -0.25) is 19.4 Å². The van der Waals surface area contributed by atoms with Crippen molar-refractivity contribution in [2.45, 2.75) is 44.4 Å². The lowest BCUT2D eigenvalue weighted by Crippen LogP contribution is -2.53. The van der Waals surface area contributed by atoms with E-state index in [4.69, 9.17) is 0 Å². The van der Waals surface area contributed by atoms with Gasteiger partial charge < -0.3 is 10.4 Å². The normalized spacial score (nSPS) is 25.8. The lowest BCUT2D eigenvalue weighted by Gasteiger charge is -2.32. The third-order valence-electron chi connectivity index (χ3n) is 6.57. The lowest BCUT2D eigenvalue weighted by molar-refractivity contribution is -0.293. The van der Waals surface area contributed by atoms with E-state index in [-0.39, 0.29) is 19.6 Å². The molecular weight excluding hydrogens is 468 g/mol. The molecule has 4 unspecified atom stereocenters. The monoisotopic (exact) mass is 491 g/mol. The van der Waals surface area contributed by atoms with Crippen molar-refractivity contribution in [3.05, 3.63) is 36.3 Å². The molecule has 0 aromatic carbocycles. The first kappa shape index (κ1) is 24.5. The fraction of sp³-hybridized carbons (Fsp3) is 0.571. The Bertz CT molecular complexity index is 1010. The molecular formula is C21H23F6N5O2. The first-order valence-corrected chi connectivity index (χ1v) is 10.7. The number of hydrogen-bond donors (Lipinski definition) is 2. The molecule has 2 saturated heterocycles. The highest BCUT2D eigenvalue weighted by Gasteiger charge is 2.66. The lowest BCUT2D eigenvalue weighted by atomic mass is 9.84. The number of alkyl halides is 6. The average Bonchev–Trinajstić information content (AvgIpc) is 3.41. The van der Waals surface area contributed by atoms with E-state index in [2.05, 4.69) is 15.4 Å². The van der Waals surface area contributed by atoms with E-state index in [9.17, 15) is 36.2 Å². The second-order valence-electron chi connectivity index (χ2n) is 8.69. The molecule has 2 N–H and O–H groups in total. The summed E-state index contributed by atoms with van der Waals surface area (Å²) in [5, 5.41) is 16.2. The Morgan fingerprint density at radius 3 is 2.44 bits per heavy atom. The summed E-state index contributed by atoms with van der Waals surface area (Å²) in [6.07, 6.45) is -6.14. The highest BCUT2D eigenvalue weighted by atomic mass is 19.4. The van der Waals surface area contributed by atoms with Crippen molar-refractivity contribution in [3.63, 3.8) is 0 Å². The Labute approximate surface area is 190 Å². The van der Waals surface area contributed by atoms with Crippen LogP contribution in [-0.4, -0.2) is 68.3 Å². The summed E-state index contributed by atoms with van der Waals surface area (Å²) in [6.45, 7) is 2.60. The van der Waals surface area contributed by atoms with E-state index in [1.165, 1.54) is 0 Å². The number of carboxylic acid groups (broad SMARTS) is 1. The first-order valence-electron chi connectivity index (χ1n) is 10.7. The molecule has 0 spiro atoms. The molecule has 0 amide bonds. The number of aliphatic carboxylic acids is 1. The maximum Gasteiger partial charge on any atom is 0.402 e. The zero-order valence-electron chi connectivity index (χ0n) is 18.0. The standard InChI is InChI=1S/C21H23F6N5O2/c1-2-32-8-12(15(30-32)11-4-3-5-28-6-11)7-31-9-13-14(10-31)17(19(33)34)29-16(13)18(20(22,23)24)21(25,26)27/h3-6,8,13-14,16-18,29H,2,7,9-10H2,1H3,(H,33,34). The van der Waals surface area contributed by atoms with Gasteiger partial charge in [-0.15, -0.1) is 0 Å². The van der Waals surface area contributed by atoms with Crippen LogP contribution in [0.4, 0.5) is 26.3 Å². The Morgan fingerprint density at radius 2 is 1.88 bits per heavy atom. The van der Waals surface area contributed by atoms with E-state index in [1.54, 1.807) is 40.3 Å². The number of nitrogens with zero attached hydrogens (tertiary/aromatic N) is 4. The van der Waals surface area contributed by atoms with Crippen LogP contribution in [0.5, 0.6) is 0 Å². The Kier molecular flexibility index (Phi) is 6.36. The molecule has 0 radical (unpaired) electrons. The van der Waals surface area contributed by atoms with Crippen LogP contribution in [0.15, 0.2) is 30.7 Å². The maximum absolute atomic E-state index is 13.4. The van der Waals surface area contributed by atoms with Crippen molar-refractivity contribution in [1.82, 2.24) is 25.0 Å². The number of fused-ring (bicyclic) bond motifs is 1. The molecule has 2 aliphatic rings. The molecule has 2 fully saturated rings. The molecule has 34 heavy (non-hydrogen) atoms. The summed E-state index contributed by atoms with van der Waals surface area (Å²) >= 11 is 0. The number of likely N-dealkylation sites (tertiary alicyclic amines) is 1. The Hall–Kier alpha value is -2.67. The van der Waals surface area contributed by atoms with Crippen molar-refractivity contribution in [2.75, 3.05) is 13.1 Å². The third-order valence-corrected chi connectivity index (χ3v) is 6.57. The van der Waals surface area contributed by atoms with Crippen LogP contribution in [-0.2, 0) is 17.9 Å². The van der Waals surface area contributed by atoms with Gasteiger partial charge in [0, 0.05) is 67.9 Å². The second-order valence-corrected chi connectivity index (χ2v) is 8.69. The summed E-state index contributed by atoms with van der Waals surface area (Å²) in [5.74, 6) is -7.13. The molecule has 2 aromatic rings. The highest BCUT2D eigenvalue weighted by molar-refractivity contribution is 5.74. The van der Waals surface area contributed by atoms with Crippen molar-refractivity contribution in [2.24, 2.45) is 17.8 Å². The molecule has 2 aliphatic heterocycles. The Morgan fingerprint density at radius 1 is 1.21 bits per heavy atom.